The summed E-state index contributed by atoms with van der Waals surface area (Å²) in [5.74, 6) is 0.599. The minimum atomic E-state index is -0.126. The monoisotopic (exact) mass is 311 g/mol. The molecule has 0 unspecified atom stereocenters. The fraction of sp³-hybridized carbons (Fsp3) is 0.333. The molecule has 0 aliphatic carbocycles. The summed E-state index contributed by atoms with van der Waals surface area (Å²) in [6.07, 6.45) is 0.828. The zero-order valence-corrected chi connectivity index (χ0v) is 11.8. The van der Waals surface area contributed by atoms with Crippen LogP contribution >= 0.6 is 15.9 Å². The van der Waals surface area contributed by atoms with Crippen molar-refractivity contribution in [3.05, 3.63) is 40.0 Å². The summed E-state index contributed by atoms with van der Waals surface area (Å²) in [6, 6.07) is 5.41. The molecule has 2 heterocycles. The Bertz CT molecular complexity index is 547. The summed E-state index contributed by atoms with van der Waals surface area (Å²) in [5, 5.41) is 6.83. The molecule has 0 aliphatic heterocycles. The van der Waals surface area contributed by atoms with Gasteiger partial charge in [-0.1, -0.05) is 6.92 Å². The summed E-state index contributed by atoms with van der Waals surface area (Å²) in [7, 11) is 1.72. The Labute approximate surface area is 113 Å². The van der Waals surface area contributed by atoms with E-state index in [0.717, 1.165) is 17.9 Å². The second-order valence-electron chi connectivity index (χ2n) is 4.00. The number of hydrogen-bond donors (Lipinski definition) is 1. The van der Waals surface area contributed by atoms with E-state index in [2.05, 4.69) is 26.1 Å². The van der Waals surface area contributed by atoms with Crippen LogP contribution in [0.3, 0.4) is 0 Å². The molecule has 96 valence electrons. The molecule has 18 heavy (non-hydrogen) atoms. The molecule has 1 N–H and O–H groups in total. The van der Waals surface area contributed by atoms with E-state index in [-0.39, 0.29) is 5.91 Å². The number of H-pyrrole nitrogens is 1. The fourth-order valence-corrected chi connectivity index (χ4v) is 1.93. The van der Waals surface area contributed by atoms with E-state index < -0.39 is 0 Å². The third-order valence-corrected chi connectivity index (χ3v) is 3.03. The molecule has 0 spiro atoms. The third-order valence-electron chi connectivity index (χ3n) is 2.60. The lowest BCUT2D eigenvalue weighted by molar-refractivity contribution is 0.0769. The van der Waals surface area contributed by atoms with Crippen molar-refractivity contribution in [1.29, 1.82) is 0 Å². The number of nitrogens with zero attached hydrogens (tertiary/aromatic N) is 2. The van der Waals surface area contributed by atoms with Gasteiger partial charge in [-0.3, -0.25) is 9.89 Å². The number of halogens is 1. The van der Waals surface area contributed by atoms with Crippen molar-refractivity contribution in [2.45, 2.75) is 19.9 Å². The molecule has 0 atom stereocenters. The average Bonchev–Trinajstić information content (AvgIpc) is 2.97. The maximum Gasteiger partial charge on any atom is 0.274 e. The summed E-state index contributed by atoms with van der Waals surface area (Å²) in [4.78, 5) is 13.6. The van der Waals surface area contributed by atoms with E-state index in [1.165, 1.54) is 0 Å². The highest BCUT2D eigenvalue weighted by Gasteiger charge is 2.16. The lowest BCUT2D eigenvalue weighted by Crippen LogP contribution is -2.26. The third kappa shape index (κ3) is 2.81. The van der Waals surface area contributed by atoms with Gasteiger partial charge in [0.2, 0.25) is 0 Å². The molecule has 5 nitrogen and oxygen atoms in total. The molecule has 0 saturated heterocycles. The number of aromatic amines is 1. The number of hydrogen-bond acceptors (Lipinski definition) is 3. The van der Waals surface area contributed by atoms with Gasteiger partial charge in [0, 0.05) is 12.7 Å². The van der Waals surface area contributed by atoms with Crippen LogP contribution in [0, 0.1) is 0 Å². The predicted molar refractivity (Wildman–Crippen MR) is 70.2 cm³/mol. The van der Waals surface area contributed by atoms with Gasteiger partial charge in [0.1, 0.15) is 11.5 Å². The number of carbonyl (C=O) groups is 1. The Morgan fingerprint density at radius 2 is 2.33 bits per heavy atom. The molecule has 2 rings (SSSR count). The molecule has 0 radical (unpaired) electrons. The van der Waals surface area contributed by atoms with Crippen LogP contribution in [0.15, 0.2) is 27.3 Å². The molecule has 0 aromatic carbocycles. The Kier molecular flexibility index (Phi) is 3.86. The van der Waals surface area contributed by atoms with Gasteiger partial charge >= 0.3 is 0 Å². The Morgan fingerprint density at radius 3 is 2.89 bits per heavy atom. The Balaban J connectivity index is 2.04. The molecule has 2 aromatic heterocycles. The smallest absolute Gasteiger partial charge is 0.274 e. The highest BCUT2D eigenvalue weighted by atomic mass is 79.9. The molecule has 0 fully saturated rings. The van der Waals surface area contributed by atoms with Crippen LogP contribution in [-0.4, -0.2) is 28.1 Å². The SMILES string of the molecule is CCc1cc(C(=O)N(C)Cc2ccc(Br)o2)n[nH]1. The fourth-order valence-electron chi connectivity index (χ4n) is 1.59. The van der Waals surface area contributed by atoms with Crippen molar-refractivity contribution in [3.8, 4) is 0 Å². The first kappa shape index (κ1) is 12.9. The van der Waals surface area contributed by atoms with Gasteiger partial charge in [-0.05, 0) is 40.5 Å². The molecule has 0 bridgehead atoms. The van der Waals surface area contributed by atoms with Crippen molar-refractivity contribution < 1.29 is 9.21 Å². The summed E-state index contributed by atoms with van der Waals surface area (Å²) in [6.45, 7) is 2.42. The van der Waals surface area contributed by atoms with Gasteiger partial charge in [-0.25, -0.2) is 0 Å². The Morgan fingerprint density at radius 1 is 1.56 bits per heavy atom. The van der Waals surface area contributed by atoms with E-state index in [0.29, 0.717) is 16.9 Å². The average molecular weight is 312 g/mol. The first-order valence-electron chi connectivity index (χ1n) is 5.64. The van der Waals surface area contributed by atoms with Gasteiger partial charge in [-0.15, -0.1) is 0 Å². The molecule has 6 heteroatoms. The number of aromatic nitrogens is 2. The van der Waals surface area contributed by atoms with Crippen LogP contribution in [0.2, 0.25) is 0 Å². The summed E-state index contributed by atoms with van der Waals surface area (Å²) < 4.78 is 6.02. The molecular formula is C12H14BrN3O2. The first-order chi connectivity index (χ1) is 8.60. The van der Waals surface area contributed by atoms with Gasteiger partial charge in [0.05, 0.1) is 6.54 Å². The van der Waals surface area contributed by atoms with Crippen LogP contribution in [-0.2, 0) is 13.0 Å². The molecule has 0 saturated carbocycles. The maximum atomic E-state index is 12.1. The minimum Gasteiger partial charge on any atom is -0.452 e. The zero-order valence-electron chi connectivity index (χ0n) is 10.2. The van der Waals surface area contributed by atoms with E-state index in [1.807, 2.05) is 13.0 Å². The number of aryl methyl sites for hydroxylation is 1. The highest BCUT2D eigenvalue weighted by Crippen LogP contribution is 2.16. The number of rotatable bonds is 4. The van der Waals surface area contributed by atoms with E-state index >= 15 is 0 Å². The molecule has 2 aromatic rings. The van der Waals surface area contributed by atoms with Gasteiger partial charge in [0.15, 0.2) is 4.67 Å². The van der Waals surface area contributed by atoms with Gasteiger partial charge < -0.3 is 9.32 Å². The van der Waals surface area contributed by atoms with Gasteiger partial charge in [0.25, 0.3) is 5.91 Å². The topological polar surface area (TPSA) is 62.1 Å². The number of furan rings is 1. The normalized spacial score (nSPS) is 10.6. The summed E-state index contributed by atoms with van der Waals surface area (Å²) in [5.41, 5.74) is 1.38. The lowest BCUT2D eigenvalue weighted by atomic mass is 10.3. The van der Waals surface area contributed by atoms with Crippen LogP contribution in [0.5, 0.6) is 0 Å². The van der Waals surface area contributed by atoms with Crippen LogP contribution in [0.4, 0.5) is 0 Å². The van der Waals surface area contributed by atoms with Crippen LogP contribution < -0.4 is 0 Å². The number of carbonyl (C=O) groups excluding carboxylic acids is 1. The Hall–Kier alpha value is -1.56. The van der Waals surface area contributed by atoms with Crippen molar-refractivity contribution in [1.82, 2.24) is 15.1 Å². The van der Waals surface area contributed by atoms with Crippen molar-refractivity contribution in [3.63, 3.8) is 0 Å². The second kappa shape index (κ2) is 5.39. The van der Waals surface area contributed by atoms with Crippen LogP contribution in [0.1, 0.15) is 28.9 Å². The standard InChI is InChI=1S/C12H14BrN3O2/c1-3-8-6-10(15-14-8)12(17)16(2)7-9-4-5-11(13)18-9/h4-6H,3,7H2,1-2H3,(H,14,15). The van der Waals surface area contributed by atoms with Gasteiger partial charge in [-0.2, -0.15) is 5.10 Å². The molecule has 0 aliphatic rings. The molecular weight excluding hydrogens is 298 g/mol. The predicted octanol–water partition coefficient (Wildman–Crippen LogP) is 2.60. The highest BCUT2D eigenvalue weighted by molar-refractivity contribution is 9.10. The van der Waals surface area contributed by atoms with E-state index in [1.54, 1.807) is 24.1 Å². The maximum absolute atomic E-state index is 12.1. The summed E-state index contributed by atoms with van der Waals surface area (Å²) >= 11 is 3.23. The number of nitrogens with one attached hydrogen (secondary N) is 1. The zero-order chi connectivity index (χ0) is 13.1. The minimum absolute atomic E-state index is 0.126. The van der Waals surface area contributed by atoms with Crippen molar-refractivity contribution >= 4 is 21.8 Å². The van der Waals surface area contributed by atoms with E-state index in [4.69, 9.17) is 4.42 Å². The van der Waals surface area contributed by atoms with E-state index in [9.17, 15) is 4.79 Å². The quantitative estimate of drug-likeness (QED) is 0.944. The largest absolute Gasteiger partial charge is 0.452 e. The van der Waals surface area contributed by atoms with Crippen molar-refractivity contribution in [2.75, 3.05) is 7.05 Å². The molecule has 1 amide bonds. The van der Waals surface area contributed by atoms with Crippen LogP contribution in [0.25, 0.3) is 0 Å². The number of amides is 1. The second-order valence-corrected chi connectivity index (χ2v) is 4.78. The van der Waals surface area contributed by atoms with Crippen molar-refractivity contribution in [2.24, 2.45) is 0 Å². The lowest BCUT2D eigenvalue weighted by Gasteiger charge is -2.13. The first-order valence-corrected chi connectivity index (χ1v) is 6.43.